The molecule has 102 valence electrons. The molecule has 3 heterocycles. The van der Waals surface area contributed by atoms with Crippen molar-refractivity contribution in [1.82, 2.24) is 0 Å². The molecule has 0 aliphatic carbocycles. The quantitative estimate of drug-likeness (QED) is 0.742. The predicted octanol–water partition coefficient (Wildman–Crippen LogP) is 2.88. The maximum Gasteiger partial charge on any atom is 0.275 e. The molecule has 4 rings (SSSR count). The van der Waals surface area contributed by atoms with Crippen LogP contribution in [-0.4, -0.2) is 6.61 Å². The molecular formula is C17H19N2O+. The maximum absolute atomic E-state index is 5.99. The first-order chi connectivity index (χ1) is 9.68. The Balaban J connectivity index is 1.88. The Morgan fingerprint density at radius 2 is 1.95 bits per heavy atom. The van der Waals surface area contributed by atoms with Crippen molar-refractivity contribution in [3.8, 4) is 5.75 Å². The number of nitrogens with one attached hydrogen (secondary N) is 1. The molecule has 2 aliphatic rings. The van der Waals surface area contributed by atoms with Crippen molar-refractivity contribution in [3.05, 3.63) is 54.2 Å². The third-order valence-corrected chi connectivity index (χ3v) is 4.77. The number of fused-ring (bicyclic) bond motifs is 4. The SMILES string of the molecule is CC1(C)[C@H]2COc3ccccc3[C@@H]2Nc2cccc[n+]21. The van der Waals surface area contributed by atoms with Crippen LogP contribution in [0, 0.1) is 5.92 Å². The van der Waals surface area contributed by atoms with Crippen molar-refractivity contribution >= 4 is 5.82 Å². The van der Waals surface area contributed by atoms with Gasteiger partial charge in [-0.1, -0.05) is 24.3 Å². The second-order valence-electron chi connectivity index (χ2n) is 6.19. The highest BCUT2D eigenvalue weighted by Gasteiger charge is 2.51. The molecular weight excluding hydrogens is 248 g/mol. The van der Waals surface area contributed by atoms with E-state index < -0.39 is 0 Å². The summed E-state index contributed by atoms with van der Waals surface area (Å²) in [6.07, 6.45) is 2.15. The number of pyridine rings is 1. The summed E-state index contributed by atoms with van der Waals surface area (Å²) in [5.74, 6) is 2.61. The van der Waals surface area contributed by atoms with Gasteiger partial charge in [-0.05, 0) is 26.0 Å². The second kappa shape index (κ2) is 3.98. The van der Waals surface area contributed by atoms with E-state index in [9.17, 15) is 0 Å². The van der Waals surface area contributed by atoms with Crippen molar-refractivity contribution in [2.45, 2.75) is 25.4 Å². The minimum absolute atomic E-state index is 0.0278. The summed E-state index contributed by atoms with van der Waals surface area (Å²) in [5.41, 5.74) is 1.30. The van der Waals surface area contributed by atoms with Gasteiger partial charge in [-0.25, -0.2) is 4.57 Å². The van der Waals surface area contributed by atoms with E-state index in [4.69, 9.17) is 4.74 Å². The van der Waals surface area contributed by atoms with E-state index >= 15 is 0 Å². The van der Waals surface area contributed by atoms with Crippen molar-refractivity contribution in [2.75, 3.05) is 11.9 Å². The van der Waals surface area contributed by atoms with Crippen LogP contribution in [0.2, 0.25) is 0 Å². The van der Waals surface area contributed by atoms with E-state index in [1.165, 1.54) is 11.4 Å². The van der Waals surface area contributed by atoms with Crippen LogP contribution >= 0.6 is 0 Å². The lowest BCUT2D eigenvalue weighted by atomic mass is 9.76. The number of hydrogen-bond acceptors (Lipinski definition) is 2. The summed E-state index contributed by atoms with van der Waals surface area (Å²) in [6.45, 7) is 5.35. The van der Waals surface area contributed by atoms with Gasteiger partial charge in [0.1, 0.15) is 17.3 Å². The van der Waals surface area contributed by atoms with Crippen molar-refractivity contribution in [2.24, 2.45) is 5.92 Å². The highest BCUT2D eigenvalue weighted by atomic mass is 16.5. The molecule has 2 aromatic rings. The van der Waals surface area contributed by atoms with Crippen LogP contribution in [0.25, 0.3) is 0 Å². The first-order valence-corrected chi connectivity index (χ1v) is 7.17. The molecule has 1 aromatic carbocycles. The molecule has 3 heteroatoms. The molecule has 0 unspecified atom stereocenters. The van der Waals surface area contributed by atoms with Gasteiger partial charge >= 0.3 is 0 Å². The molecule has 0 saturated carbocycles. The number of ether oxygens (including phenoxy) is 1. The van der Waals surface area contributed by atoms with E-state index in [1.54, 1.807) is 0 Å². The minimum atomic E-state index is 0.0278. The Kier molecular flexibility index (Phi) is 2.34. The van der Waals surface area contributed by atoms with Gasteiger partial charge in [0, 0.05) is 11.6 Å². The van der Waals surface area contributed by atoms with E-state index in [0.29, 0.717) is 12.0 Å². The van der Waals surface area contributed by atoms with Crippen molar-refractivity contribution in [1.29, 1.82) is 0 Å². The zero-order valence-electron chi connectivity index (χ0n) is 11.8. The topological polar surface area (TPSA) is 25.1 Å². The Morgan fingerprint density at radius 1 is 1.15 bits per heavy atom. The Labute approximate surface area is 119 Å². The summed E-state index contributed by atoms with van der Waals surface area (Å²) in [5, 5.41) is 3.69. The molecule has 1 aromatic heterocycles. The highest BCUT2D eigenvalue weighted by Crippen LogP contribution is 2.44. The number of nitrogens with zero attached hydrogens (tertiary/aromatic N) is 1. The Morgan fingerprint density at radius 3 is 2.85 bits per heavy atom. The number of para-hydroxylation sites is 1. The van der Waals surface area contributed by atoms with Gasteiger partial charge in [0.05, 0.1) is 18.7 Å². The fourth-order valence-corrected chi connectivity index (χ4v) is 3.55. The summed E-state index contributed by atoms with van der Waals surface area (Å²) >= 11 is 0. The van der Waals surface area contributed by atoms with Crippen LogP contribution in [0.15, 0.2) is 48.7 Å². The Hall–Kier alpha value is -2.03. The van der Waals surface area contributed by atoms with Crippen LogP contribution in [-0.2, 0) is 5.54 Å². The van der Waals surface area contributed by atoms with Gasteiger partial charge in [-0.2, -0.15) is 0 Å². The van der Waals surface area contributed by atoms with Gasteiger partial charge in [0.15, 0.2) is 0 Å². The number of benzene rings is 1. The third kappa shape index (κ3) is 1.49. The molecule has 0 spiro atoms. The summed E-state index contributed by atoms with van der Waals surface area (Å²) < 4.78 is 8.32. The number of anilines is 1. The summed E-state index contributed by atoms with van der Waals surface area (Å²) in [7, 11) is 0. The van der Waals surface area contributed by atoms with E-state index in [-0.39, 0.29) is 5.54 Å². The number of hydrogen-bond donors (Lipinski definition) is 1. The van der Waals surface area contributed by atoms with Crippen LogP contribution in [0.4, 0.5) is 5.82 Å². The molecule has 3 nitrogen and oxygen atoms in total. The zero-order chi connectivity index (χ0) is 13.7. The average molecular weight is 267 g/mol. The van der Waals surface area contributed by atoms with E-state index in [1.807, 2.05) is 6.07 Å². The standard InChI is InChI=1S/C17H18N2O/c1-17(2)13-11-20-14-8-4-3-7-12(14)16(13)18-15-9-5-6-10-19(15)17/h3-10,13,16H,11H2,1-2H3/p+1/t13-,16-/m0/s1. The molecule has 20 heavy (non-hydrogen) atoms. The van der Waals surface area contributed by atoms with E-state index in [2.05, 4.69) is 66.3 Å². The summed E-state index contributed by atoms with van der Waals surface area (Å²) in [6, 6.07) is 15.0. The zero-order valence-corrected chi connectivity index (χ0v) is 11.8. The lowest BCUT2D eigenvalue weighted by Crippen LogP contribution is -2.65. The van der Waals surface area contributed by atoms with E-state index in [0.717, 1.165) is 12.4 Å². The first kappa shape index (κ1) is 11.8. The van der Waals surface area contributed by atoms with Gasteiger partial charge in [0.2, 0.25) is 0 Å². The Bertz CT molecular complexity index is 666. The van der Waals surface area contributed by atoms with Crippen LogP contribution in [0.3, 0.4) is 0 Å². The number of rotatable bonds is 0. The summed E-state index contributed by atoms with van der Waals surface area (Å²) in [4.78, 5) is 0. The molecule has 0 radical (unpaired) electrons. The van der Waals surface area contributed by atoms with Gasteiger partial charge in [0.25, 0.3) is 5.82 Å². The fraction of sp³-hybridized carbons (Fsp3) is 0.353. The molecule has 0 fully saturated rings. The molecule has 2 atom stereocenters. The van der Waals surface area contributed by atoms with Crippen LogP contribution in [0.1, 0.15) is 25.5 Å². The second-order valence-corrected chi connectivity index (χ2v) is 6.19. The molecule has 1 N–H and O–H groups in total. The van der Waals surface area contributed by atoms with Gasteiger partial charge in [-0.3, -0.25) is 5.32 Å². The van der Waals surface area contributed by atoms with Gasteiger partial charge in [-0.15, -0.1) is 0 Å². The fourth-order valence-electron chi connectivity index (χ4n) is 3.55. The molecule has 2 aliphatic heterocycles. The lowest BCUT2D eigenvalue weighted by Gasteiger charge is -2.43. The number of aromatic nitrogens is 1. The minimum Gasteiger partial charge on any atom is -0.492 e. The maximum atomic E-state index is 5.99. The van der Waals surface area contributed by atoms with Crippen LogP contribution in [0.5, 0.6) is 5.75 Å². The largest absolute Gasteiger partial charge is 0.492 e. The molecule has 0 saturated heterocycles. The van der Waals surface area contributed by atoms with Crippen molar-refractivity contribution < 1.29 is 9.30 Å². The monoisotopic (exact) mass is 267 g/mol. The van der Waals surface area contributed by atoms with Crippen molar-refractivity contribution in [3.63, 3.8) is 0 Å². The molecule has 0 bridgehead atoms. The van der Waals surface area contributed by atoms with Gasteiger partial charge < -0.3 is 4.74 Å². The normalized spacial score (nSPS) is 25.5. The predicted molar refractivity (Wildman–Crippen MR) is 77.7 cm³/mol. The third-order valence-electron chi connectivity index (χ3n) is 4.77. The lowest BCUT2D eigenvalue weighted by molar-refractivity contribution is -0.759. The highest BCUT2D eigenvalue weighted by molar-refractivity contribution is 5.45. The molecule has 0 amide bonds. The first-order valence-electron chi connectivity index (χ1n) is 7.17. The van der Waals surface area contributed by atoms with Crippen LogP contribution < -0.4 is 14.6 Å². The average Bonchev–Trinajstić information content (AvgIpc) is 2.47. The smallest absolute Gasteiger partial charge is 0.275 e.